The standard InChI is InChI=1S/C23H32N4O4/c1-4-5-11-31-21(29)15-27-13-17(14-27)16-8-9-18-20(12-16)26(3)25-22(18)19(7-6-10-28)23(30)24-2/h8-10,12,17,19H,4-7,11,13-15H2,1-3H3,(H,24,30). The highest BCUT2D eigenvalue weighted by molar-refractivity contribution is 5.91. The summed E-state index contributed by atoms with van der Waals surface area (Å²) in [6.07, 6.45) is 3.49. The van der Waals surface area contributed by atoms with Crippen molar-refractivity contribution in [3.8, 4) is 0 Å². The summed E-state index contributed by atoms with van der Waals surface area (Å²) in [5.74, 6) is -0.390. The van der Waals surface area contributed by atoms with E-state index < -0.39 is 5.92 Å². The van der Waals surface area contributed by atoms with Crippen LogP contribution in [0.3, 0.4) is 0 Å². The lowest BCUT2D eigenvalue weighted by atomic mass is 9.89. The zero-order chi connectivity index (χ0) is 22.4. The molecule has 3 rings (SSSR count). The number of esters is 1. The molecule has 0 spiro atoms. The van der Waals surface area contributed by atoms with Gasteiger partial charge in [0.05, 0.1) is 30.3 Å². The molecule has 1 fully saturated rings. The number of nitrogens with zero attached hydrogens (tertiary/aromatic N) is 3. The van der Waals surface area contributed by atoms with Gasteiger partial charge in [-0.2, -0.15) is 5.10 Å². The highest BCUT2D eigenvalue weighted by Crippen LogP contribution is 2.33. The number of rotatable bonds is 11. The van der Waals surface area contributed by atoms with Crippen LogP contribution in [0.1, 0.15) is 55.7 Å². The van der Waals surface area contributed by atoms with E-state index in [0.29, 0.717) is 37.6 Å². The normalized spacial score (nSPS) is 15.5. The summed E-state index contributed by atoms with van der Waals surface area (Å²) in [6.45, 7) is 4.54. The first-order chi connectivity index (χ1) is 15.0. The van der Waals surface area contributed by atoms with Gasteiger partial charge >= 0.3 is 5.97 Å². The number of fused-ring (bicyclic) bond motifs is 1. The smallest absolute Gasteiger partial charge is 0.320 e. The Morgan fingerprint density at radius 1 is 1.35 bits per heavy atom. The molecule has 31 heavy (non-hydrogen) atoms. The SMILES string of the molecule is CCCCOC(=O)CN1CC(c2ccc3c(C(CCC=O)C(=O)NC)nn(C)c3c2)C1. The lowest BCUT2D eigenvalue weighted by Crippen LogP contribution is -2.47. The Morgan fingerprint density at radius 3 is 2.81 bits per heavy atom. The first-order valence-corrected chi connectivity index (χ1v) is 11.0. The summed E-state index contributed by atoms with van der Waals surface area (Å²) in [5, 5.41) is 8.23. The number of ether oxygens (including phenoxy) is 1. The van der Waals surface area contributed by atoms with Gasteiger partial charge in [-0.25, -0.2) is 0 Å². The van der Waals surface area contributed by atoms with E-state index in [-0.39, 0.29) is 11.9 Å². The number of aromatic nitrogens is 2. The second-order valence-corrected chi connectivity index (χ2v) is 8.16. The van der Waals surface area contributed by atoms with Gasteiger partial charge in [0.25, 0.3) is 0 Å². The van der Waals surface area contributed by atoms with Gasteiger partial charge in [-0.1, -0.05) is 25.5 Å². The van der Waals surface area contributed by atoms with Crippen LogP contribution in [0.4, 0.5) is 0 Å². The highest BCUT2D eigenvalue weighted by Gasteiger charge is 2.31. The third-order valence-corrected chi connectivity index (χ3v) is 5.91. The van der Waals surface area contributed by atoms with E-state index in [1.165, 1.54) is 5.56 Å². The Hall–Kier alpha value is -2.74. The number of hydrogen-bond donors (Lipinski definition) is 1. The molecule has 1 unspecified atom stereocenters. The van der Waals surface area contributed by atoms with E-state index >= 15 is 0 Å². The average Bonchev–Trinajstić information content (AvgIpc) is 3.06. The molecule has 2 aromatic rings. The highest BCUT2D eigenvalue weighted by atomic mass is 16.5. The number of carbonyl (C=O) groups excluding carboxylic acids is 3. The molecular formula is C23H32N4O4. The predicted molar refractivity (Wildman–Crippen MR) is 118 cm³/mol. The van der Waals surface area contributed by atoms with Crippen LogP contribution >= 0.6 is 0 Å². The van der Waals surface area contributed by atoms with Crippen LogP contribution < -0.4 is 5.32 Å². The first kappa shape index (κ1) is 22.9. The number of benzene rings is 1. The number of hydrogen-bond acceptors (Lipinski definition) is 6. The molecule has 2 heterocycles. The third kappa shape index (κ3) is 5.31. The topological polar surface area (TPSA) is 93.5 Å². The van der Waals surface area contributed by atoms with Crippen LogP contribution in [0.5, 0.6) is 0 Å². The van der Waals surface area contributed by atoms with Crippen LogP contribution in [0.15, 0.2) is 18.2 Å². The predicted octanol–water partition coefficient (Wildman–Crippen LogP) is 2.12. The Kier molecular flexibility index (Phi) is 7.79. The molecule has 1 aromatic carbocycles. The van der Waals surface area contributed by atoms with Crippen molar-refractivity contribution in [3.05, 3.63) is 29.5 Å². The summed E-state index contributed by atoms with van der Waals surface area (Å²) in [7, 11) is 3.47. The molecule has 0 bridgehead atoms. The summed E-state index contributed by atoms with van der Waals surface area (Å²) < 4.78 is 7.04. The minimum Gasteiger partial charge on any atom is -0.465 e. The Morgan fingerprint density at radius 2 is 2.13 bits per heavy atom. The molecule has 1 amide bonds. The van der Waals surface area contributed by atoms with Gasteiger partial charge in [-0.15, -0.1) is 0 Å². The van der Waals surface area contributed by atoms with Gasteiger partial charge in [0.1, 0.15) is 6.29 Å². The van der Waals surface area contributed by atoms with Crippen molar-refractivity contribution in [1.82, 2.24) is 20.0 Å². The van der Waals surface area contributed by atoms with E-state index in [1.54, 1.807) is 11.7 Å². The monoisotopic (exact) mass is 428 g/mol. The molecule has 0 aliphatic carbocycles. The zero-order valence-electron chi connectivity index (χ0n) is 18.6. The fourth-order valence-electron chi connectivity index (χ4n) is 4.08. The van der Waals surface area contributed by atoms with E-state index in [2.05, 4.69) is 34.4 Å². The maximum Gasteiger partial charge on any atom is 0.320 e. The zero-order valence-corrected chi connectivity index (χ0v) is 18.6. The second-order valence-electron chi connectivity index (χ2n) is 8.16. The Balaban J connectivity index is 1.69. The van der Waals surface area contributed by atoms with Crippen LogP contribution in [0.25, 0.3) is 10.9 Å². The van der Waals surface area contributed by atoms with E-state index in [4.69, 9.17) is 4.74 Å². The largest absolute Gasteiger partial charge is 0.465 e. The summed E-state index contributed by atoms with van der Waals surface area (Å²) in [4.78, 5) is 37.2. The van der Waals surface area contributed by atoms with Crippen molar-refractivity contribution in [3.63, 3.8) is 0 Å². The van der Waals surface area contributed by atoms with Gasteiger partial charge in [0.2, 0.25) is 5.91 Å². The molecule has 1 saturated heterocycles. The van der Waals surface area contributed by atoms with Crippen LogP contribution in [0, 0.1) is 0 Å². The lowest BCUT2D eigenvalue weighted by Gasteiger charge is -2.38. The lowest BCUT2D eigenvalue weighted by molar-refractivity contribution is -0.146. The second kappa shape index (κ2) is 10.5. The van der Waals surface area contributed by atoms with Crippen LogP contribution in [0.2, 0.25) is 0 Å². The molecule has 8 nitrogen and oxygen atoms in total. The maximum atomic E-state index is 12.4. The van der Waals surface area contributed by atoms with Crippen LogP contribution in [-0.4, -0.2) is 66.1 Å². The van der Waals surface area contributed by atoms with Crippen molar-refractivity contribution < 1.29 is 19.1 Å². The third-order valence-electron chi connectivity index (χ3n) is 5.91. The van der Waals surface area contributed by atoms with Gasteiger partial charge in [0.15, 0.2) is 0 Å². The minimum atomic E-state index is -0.456. The molecule has 1 N–H and O–H groups in total. The van der Waals surface area contributed by atoms with Crippen molar-refractivity contribution >= 4 is 29.1 Å². The van der Waals surface area contributed by atoms with E-state index in [9.17, 15) is 14.4 Å². The first-order valence-electron chi connectivity index (χ1n) is 11.0. The molecule has 1 atom stereocenters. The molecule has 8 heteroatoms. The van der Waals surface area contributed by atoms with Crippen molar-refractivity contribution in [2.75, 3.05) is 33.3 Å². The number of nitrogens with one attached hydrogen (secondary N) is 1. The number of carbonyl (C=O) groups is 3. The quantitative estimate of drug-likeness (QED) is 0.335. The fourth-order valence-corrected chi connectivity index (χ4v) is 4.08. The molecule has 0 radical (unpaired) electrons. The fraction of sp³-hybridized carbons (Fsp3) is 0.565. The van der Waals surface area contributed by atoms with E-state index in [1.807, 2.05) is 13.1 Å². The number of aldehydes is 1. The Labute approximate surface area is 182 Å². The van der Waals surface area contributed by atoms with Gasteiger partial charge in [-0.3, -0.25) is 19.2 Å². The number of likely N-dealkylation sites (N-methyl/N-ethyl adjacent to an activating group) is 1. The van der Waals surface area contributed by atoms with Crippen LogP contribution in [-0.2, 0) is 26.2 Å². The summed E-state index contributed by atoms with van der Waals surface area (Å²) >= 11 is 0. The number of aryl methyl sites for hydroxylation is 1. The van der Waals surface area contributed by atoms with Crippen molar-refractivity contribution in [2.45, 2.75) is 44.4 Å². The Bertz CT molecular complexity index is 933. The van der Waals surface area contributed by atoms with Gasteiger partial charge < -0.3 is 14.8 Å². The van der Waals surface area contributed by atoms with Gasteiger partial charge in [-0.05, 0) is 24.5 Å². The summed E-state index contributed by atoms with van der Waals surface area (Å²) in [6, 6.07) is 6.22. The maximum absolute atomic E-state index is 12.4. The molecular weight excluding hydrogens is 396 g/mol. The molecule has 168 valence electrons. The van der Waals surface area contributed by atoms with Gasteiger partial charge in [0, 0.05) is 44.9 Å². The average molecular weight is 429 g/mol. The minimum absolute atomic E-state index is 0.133. The molecule has 1 aliphatic heterocycles. The number of amides is 1. The van der Waals surface area contributed by atoms with Crippen molar-refractivity contribution in [2.24, 2.45) is 7.05 Å². The number of unbranched alkanes of at least 4 members (excludes halogenated alkanes) is 1. The number of likely N-dealkylation sites (tertiary alicyclic amines) is 1. The van der Waals surface area contributed by atoms with Crippen molar-refractivity contribution in [1.29, 1.82) is 0 Å². The summed E-state index contributed by atoms with van der Waals surface area (Å²) in [5.41, 5.74) is 2.86. The van der Waals surface area contributed by atoms with E-state index in [0.717, 1.165) is 43.1 Å². The molecule has 1 aromatic heterocycles. The molecule has 1 aliphatic rings. The molecule has 0 saturated carbocycles.